The fourth-order valence-electron chi connectivity index (χ4n) is 1.85. The fraction of sp³-hybridized carbons (Fsp3) is 0.538. The van der Waals surface area contributed by atoms with Gasteiger partial charge in [0.05, 0.1) is 12.3 Å². The van der Waals surface area contributed by atoms with Gasteiger partial charge < -0.3 is 18.0 Å². The van der Waals surface area contributed by atoms with Crippen LogP contribution in [0.25, 0.3) is 0 Å². The lowest BCUT2D eigenvalue weighted by atomic mass is 10.3. The zero-order chi connectivity index (χ0) is 14.3. The molecule has 0 aliphatic carbocycles. The summed E-state index contributed by atoms with van der Waals surface area (Å²) in [6, 6.07) is 4.26. The Morgan fingerprint density at radius 2 is 1.53 bits per heavy atom. The van der Waals surface area contributed by atoms with Crippen LogP contribution in [0.1, 0.15) is 20.8 Å². The van der Waals surface area contributed by atoms with E-state index in [1.807, 2.05) is 20.8 Å². The molecule has 0 aliphatic rings. The molecule has 4 nitrogen and oxygen atoms in total. The predicted octanol–water partition coefficient (Wildman–Crippen LogP) is 2.09. The van der Waals surface area contributed by atoms with E-state index in [0.717, 1.165) is 0 Å². The van der Waals surface area contributed by atoms with E-state index in [9.17, 15) is 4.39 Å². The highest BCUT2D eigenvalue weighted by Crippen LogP contribution is 2.19. The molecule has 0 fully saturated rings. The summed E-state index contributed by atoms with van der Waals surface area (Å²) in [5.74, 6) is 0.148. The van der Waals surface area contributed by atoms with Crippen molar-refractivity contribution in [2.24, 2.45) is 0 Å². The number of halogens is 1. The van der Waals surface area contributed by atoms with E-state index >= 15 is 0 Å². The lowest BCUT2D eigenvalue weighted by Crippen LogP contribution is -2.57. The number of rotatable bonds is 8. The molecule has 0 aromatic heterocycles. The zero-order valence-electron chi connectivity index (χ0n) is 11.9. The molecular weight excluding hydrogens is 267 g/mol. The monoisotopic (exact) mass is 288 g/mol. The first-order valence-electron chi connectivity index (χ1n) is 6.39. The largest absolute Gasteiger partial charge is 0.541 e. The van der Waals surface area contributed by atoms with Crippen LogP contribution in [0.4, 0.5) is 4.39 Å². The molecule has 1 aromatic carbocycles. The lowest BCUT2D eigenvalue weighted by Gasteiger charge is -2.29. The molecule has 0 N–H and O–H groups in total. The first-order chi connectivity index (χ1) is 9.13. The van der Waals surface area contributed by atoms with E-state index in [-0.39, 0.29) is 5.82 Å². The number of benzene rings is 1. The van der Waals surface area contributed by atoms with Gasteiger partial charge in [-0.1, -0.05) is 0 Å². The SMILES string of the molecule is CCO[Si](OCC)(OCC)c1cc(F)ccc1OC. The van der Waals surface area contributed by atoms with E-state index in [4.69, 9.17) is 18.0 Å². The first-order valence-corrected chi connectivity index (χ1v) is 8.11. The molecule has 0 aliphatic heterocycles. The van der Waals surface area contributed by atoms with Crippen molar-refractivity contribution in [3.05, 3.63) is 24.0 Å². The molecule has 19 heavy (non-hydrogen) atoms. The normalized spacial score (nSPS) is 11.6. The summed E-state index contributed by atoms with van der Waals surface area (Å²) in [4.78, 5) is 0. The minimum atomic E-state index is -3.13. The standard InChI is InChI=1S/C13H21FO4Si/c1-5-16-19(17-6-2,18-7-3)13-10-11(14)8-9-12(13)15-4/h8-10H,5-7H2,1-4H3. The van der Waals surface area contributed by atoms with Crippen LogP contribution in [-0.2, 0) is 13.3 Å². The Morgan fingerprint density at radius 1 is 1.00 bits per heavy atom. The van der Waals surface area contributed by atoms with Gasteiger partial charge in [0.2, 0.25) is 0 Å². The summed E-state index contributed by atoms with van der Waals surface area (Å²) in [5.41, 5.74) is 0. The van der Waals surface area contributed by atoms with Crippen LogP contribution >= 0.6 is 0 Å². The van der Waals surface area contributed by atoms with Crippen molar-refractivity contribution in [3.8, 4) is 5.75 Å². The maximum absolute atomic E-state index is 13.5. The quantitative estimate of drug-likeness (QED) is 0.686. The minimum absolute atomic E-state index is 0.369. The highest BCUT2D eigenvalue weighted by atomic mass is 28.4. The molecule has 1 aromatic rings. The van der Waals surface area contributed by atoms with Crippen LogP contribution in [0.5, 0.6) is 5.75 Å². The topological polar surface area (TPSA) is 36.9 Å². The van der Waals surface area contributed by atoms with Gasteiger partial charge in [-0.15, -0.1) is 0 Å². The van der Waals surface area contributed by atoms with Crippen LogP contribution in [0, 0.1) is 5.82 Å². The second-order valence-corrected chi connectivity index (χ2v) is 6.22. The van der Waals surface area contributed by atoms with Gasteiger partial charge >= 0.3 is 8.80 Å². The number of methoxy groups -OCH3 is 1. The summed E-state index contributed by atoms with van der Waals surface area (Å²) in [6.07, 6.45) is 0. The molecule has 0 saturated carbocycles. The Bertz CT molecular complexity index is 383. The van der Waals surface area contributed by atoms with E-state index in [2.05, 4.69) is 0 Å². The molecule has 0 spiro atoms. The summed E-state index contributed by atoms with van der Waals surface area (Å²) >= 11 is 0. The highest BCUT2D eigenvalue weighted by Gasteiger charge is 2.46. The summed E-state index contributed by atoms with van der Waals surface area (Å²) in [5, 5.41) is 0.528. The average Bonchev–Trinajstić information content (AvgIpc) is 2.39. The zero-order valence-corrected chi connectivity index (χ0v) is 12.9. The van der Waals surface area contributed by atoms with Crippen molar-refractivity contribution in [1.82, 2.24) is 0 Å². The van der Waals surface area contributed by atoms with Crippen molar-refractivity contribution in [2.45, 2.75) is 20.8 Å². The smallest absolute Gasteiger partial charge is 0.497 e. The molecule has 6 heteroatoms. The summed E-state index contributed by atoms with van der Waals surface area (Å²) in [6.45, 7) is 6.83. The van der Waals surface area contributed by atoms with Crippen molar-refractivity contribution in [1.29, 1.82) is 0 Å². The van der Waals surface area contributed by atoms with Crippen LogP contribution in [0.3, 0.4) is 0 Å². The Labute approximate surface area is 114 Å². The van der Waals surface area contributed by atoms with Gasteiger partial charge in [-0.3, -0.25) is 0 Å². The van der Waals surface area contributed by atoms with Crippen LogP contribution in [-0.4, -0.2) is 35.7 Å². The number of hydrogen-bond acceptors (Lipinski definition) is 4. The van der Waals surface area contributed by atoms with Gasteiger partial charge in [-0.2, -0.15) is 0 Å². The van der Waals surface area contributed by atoms with E-state index in [1.54, 1.807) is 6.07 Å². The molecule has 0 saturated heterocycles. The van der Waals surface area contributed by atoms with Gasteiger partial charge in [-0.25, -0.2) is 4.39 Å². The summed E-state index contributed by atoms with van der Waals surface area (Å²) in [7, 11) is -1.61. The average molecular weight is 288 g/mol. The van der Waals surface area contributed by atoms with Crippen LogP contribution in [0.2, 0.25) is 0 Å². The van der Waals surface area contributed by atoms with Crippen molar-refractivity contribution in [3.63, 3.8) is 0 Å². The number of hydrogen-bond donors (Lipinski definition) is 0. The van der Waals surface area contributed by atoms with Crippen molar-refractivity contribution < 1.29 is 22.4 Å². The molecule has 108 valence electrons. The van der Waals surface area contributed by atoms with Crippen LogP contribution < -0.4 is 9.92 Å². The molecular formula is C13H21FO4Si. The molecule has 1 rings (SSSR count). The minimum Gasteiger partial charge on any atom is -0.497 e. The number of ether oxygens (including phenoxy) is 1. The van der Waals surface area contributed by atoms with Gasteiger partial charge in [0.25, 0.3) is 0 Å². The van der Waals surface area contributed by atoms with E-state index < -0.39 is 8.80 Å². The van der Waals surface area contributed by atoms with Gasteiger partial charge in [0.1, 0.15) is 11.6 Å². The third-order valence-electron chi connectivity index (χ3n) is 2.49. The van der Waals surface area contributed by atoms with Crippen molar-refractivity contribution >= 4 is 14.0 Å². The van der Waals surface area contributed by atoms with Gasteiger partial charge in [0, 0.05) is 19.8 Å². The van der Waals surface area contributed by atoms with Gasteiger partial charge in [0.15, 0.2) is 0 Å². The van der Waals surface area contributed by atoms with Gasteiger partial charge in [-0.05, 0) is 39.0 Å². The Kier molecular flexibility index (Phi) is 6.43. The lowest BCUT2D eigenvalue weighted by molar-refractivity contribution is 0.0853. The Hall–Kier alpha value is -0.953. The molecule has 0 atom stereocenters. The maximum Gasteiger partial charge on any atom is 0.541 e. The first kappa shape index (κ1) is 16.1. The second-order valence-electron chi connectivity index (χ2n) is 3.70. The van der Waals surface area contributed by atoms with Crippen LogP contribution in [0.15, 0.2) is 18.2 Å². The predicted molar refractivity (Wildman–Crippen MR) is 73.2 cm³/mol. The molecule has 0 bridgehead atoms. The summed E-state index contributed by atoms with van der Waals surface area (Å²) < 4.78 is 36.0. The molecule has 0 heterocycles. The molecule has 0 unspecified atom stereocenters. The second kappa shape index (κ2) is 7.59. The highest BCUT2D eigenvalue weighted by molar-refractivity contribution is 6.76. The van der Waals surface area contributed by atoms with Crippen molar-refractivity contribution in [2.75, 3.05) is 26.9 Å². The van der Waals surface area contributed by atoms with E-state index in [1.165, 1.54) is 19.2 Å². The third-order valence-corrected chi connectivity index (χ3v) is 5.55. The third kappa shape index (κ3) is 3.76. The van der Waals surface area contributed by atoms with E-state index in [0.29, 0.717) is 30.8 Å². The molecule has 0 amide bonds. The fourth-order valence-corrected chi connectivity index (χ4v) is 4.51. The maximum atomic E-state index is 13.5. The Morgan fingerprint density at radius 3 is 1.95 bits per heavy atom. The Balaban J connectivity index is 3.31. The molecule has 0 radical (unpaired) electrons.